The van der Waals surface area contributed by atoms with Crippen LogP contribution < -0.4 is 0 Å². The first-order valence-electron chi connectivity index (χ1n) is 5.84. The van der Waals surface area contributed by atoms with Crippen molar-refractivity contribution in [1.82, 2.24) is 14.8 Å². The Hall–Kier alpha value is -2.20. The highest BCUT2D eigenvalue weighted by atomic mass is 79.9. The lowest BCUT2D eigenvalue weighted by molar-refractivity contribution is 0.0683. The van der Waals surface area contributed by atoms with Crippen molar-refractivity contribution in [3.8, 4) is 11.8 Å². The molecule has 0 aliphatic rings. The summed E-state index contributed by atoms with van der Waals surface area (Å²) in [4.78, 5) is 15.0. The van der Waals surface area contributed by atoms with E-state index in [0.29, 0.717) is 21.5 Å². The standard InChI is InChI=1S/C13H11BrN4O2/c1-7(2)12-16-11(13(19)20)17-18(12)10-4-3-8(6-15)5-9(10)14/h3-5,7H,1-2H3,(H,19,20). The van der Waals surface area contributed by atoms with Crippen molar-refractivity contribution in [2.75, 3.05) is 0 Å². The first kappa shape index (κ1) is 14.2. The molecule has 2 aromatic rings. The molecule has 0 saturated heterocycles. The number of hydrogen-bond acceptors (Lipinski definition) is 4. The third-order valence-corrected chi connectivity index (χ3v) is 3.28. The van der Waals surface area contributed by atoms with E-state index in [9.17, 15) is 4.79 Å². The maximum absolute atomic E-state index is 11.0. The van der Waals surface area contributed by atoms with Gasteiger partial charge >= 0.3 is 5.97 Å². The lowest BCUT2D eigenvalue weighted by atomic mass is 10.2. The summed E-state index contributed by atoms with van der Waals surface area (Å²) in [6.45, 7) is 3.81. The van der Waals surface area contributed by atoms with Crippen LogP contribution in [0.2, 0.25) is 0 Å². The number of aromatic nitrogens is 3. The predicted molar refractivity (Wildman–Crippen MR) is 74.8 cm³/mol. The Labute approximate surface area is 123 Å². The van der Waals surface area contributed by atoms with Gasteiger partial charge in [0.15, 0.2) is 0 Å². The lowest BCUT2D eigenvalue weighted by Crippen LogP contribution is -2.06. The van der Waals surface area contributed by atoms with E-state index in [4.69, 9.17) is 10.4 Å². The molecule has 1 heterocycles. The molecule has 102 valence electrons. The van der Waals surface area contributed by atoms with Crippen LogP contribution in [0.3, 0.4) is 0 Å². The third kappa shape index (κ3) is 2.56. The molecule has 0 unspecified atom stereocenters. The maximum atomic E-state index is 11.0. The van der Waals surface area contributed by atoms with Crippen molar-refractivity contribution in [2.24, 2.45) is 0 Å². The minimum atomic E-state index is -1.17. The number of carboxylic acid groups (broad SMARTS) is 1. The molecule has 0 bridgehead atoms. The molecule has 2 rings (SSSR count). The second-order valence-corrected chi connectivity index (χ2v) is 5.30. The normalized spacial score (nSPS) is 10.6. The van der Waals surface area contributed by atoms with E-state index < -0.39 is 5.97 Å². The predicted octanol–water partition coefficient (Wildman–Crippen LogP) is 2.72. The van der Waals surface area contributed by atoms with Crippen molar-refractivity contribution in [3.63, 3.8) is 0 Å². The summed E-state index contributed by atoms with van der Waals surface area (Å²) >= 11 is 3.37. The van der Waals surface area contributed by atoms with Gasteiger partial charge in [0.25, 0.3) is 5.82 Å². The molecular formula is C13H11BrN4O2. The highest BCUT2D eigenvalue weighted by Crippen LogP contribution is 2.25. The Morgan fingerprint density at radius 1 is 1.50 bits per heavy atom. The van der Waals surface area contributed by atoms with Gasteiger partial charge in [-0.25, -0.2) is 14.5 Å². The minimum absolute atomic E-state index is 0.0122. The molecular weight excluding hydrogens is 324 g/mol. The van der Waals surface area contributed by atoms with Crippen LogP contribution in [0.5, 0.6) is 0 Å². The highest BCUT2D eigenvalue weighted by Gasteiger charge is 2.19. The highest BCUT2D eigenvalue weighted by molar-refractivity contribution is 9.10. The van der Waals surface area contributed by atoms with Gasteiger partial charge in [-0.1, -0.05) is 13.8 Å². The molecule has 6 nitrogen and oxygen atoms in total. The first-order valence-corrected chi connectivity index (χ1v) is 6.63. The van der Waals surface area contributed by atoms with E-state index in [0.717, 1.165) is 0 Å². The molecule has 1 aromatic heterocycles. The smallest absolute Gasteiger partial charge is 0.375 e. The van der Waals surface area contributed by atoms with E-state index in [1.807, 2.05) is 19.9 Å². The topological polar surface area (TPSA) is 91.8 Å². The maximum Gasteiger partial charge on any atom is 0.375 e. The summed E-state index contributed by atoms with van der Waals surface area (Å²) in [6, 6.07) is 7.04. The van der Waals surface area contributed by atoms with Crippen LogP contribution >= 0.6 is 15.9 Å². The molecule has 0 aliphatic heterocycles. The Morgan fingerprint density at radius 3 is 2.70 bits per heavy atom. The summed E-state index contributed by atoms with van der Waals surface area (Å²) in [5.41, 5.74) is 1.15. The van der Waals surface area contributed by atoms with Gasteiger partial charge in [0, 0.05) is 10.4 Å². The third-order valence-electron chi connectivity index (χ3n) is 2.64. The van der Waals surface area contributed by atoms with Crippen LogP contribution in [-0.2, 0) is 0 Å². The molecule has 1 aromatic carbocycles. The van der Waals surface area contributed by atoms with Crippen LogP contribution in [0.25, 0.3) is 5.69 Å². The van der Waals surface area contributed by atoms with E-state index in [-0.39, 0.29) is 11.7 Å². The zero-order valence-corrected chi connectivity index (χ0v) is 12.4. The molecule has 7 heteroatoms. The monoisotopic (exact) mass is 334 g/mol. The number of nitrogens with zero attached hydrogens (tertiary/aromatic N) is 4. The second kappa shape index (κ2) is 5.43. The molecule has 20 heavy (non-hydrogen) atoms. The number of benzene rings is 1. The minimum Gasteiger partial charge on any atom is -0.475 e. The molecule has 0 fully saturated rings. The van der Waals surface area contributed by atoms with Crippen molar-refractivity contribution in [3.05, 3.63) is 39.9 Å². The number of aromatic carboxylic acids is 1. The van der Waals surface area contributed by atoms with Crippen LogP contribution in [0, 0.1) is 11.3 Å². The summed E-state index contributed by atoms with van der Waals surface area (Å²) in [7, 11) is 0. The number of hydrogen-bond donors (Lipinski definition) is 1. The van der Waals surface area contributed by atoms with Gasteiger partial charge in [-0.05, 0) is 34.1 Å². The van der Waals surface area contributed by atoms with Crippen molar-refractivity contribution < 1.29 is 9.90 Å². The lowest BCUT2D eigenvalue weighted by Gasteiger charge is -2.10. The summed E-state index contributed by atoms with van der Waals surface area (Å²) < 4.78 is 2.14. The zero-order valence-electron chi connectivity index (χ0n) is 10.8. The quantitative estimate of drug-likeness (QED) is 0.931. The van der Waals surface area contributed by atoms with Crippen LogP contribution in [0.1, 0.15) is 41.8 Å². The number of nitriles is 1. The van der Waals surface area contributed by atoms with Gasteiger partial charge in [-0.15, -0.1) is 5.10 Å². The molecule has 0 spiro atoms. The molecule has 0 atom stereocenters. The molecule has 0 amide bonds. The largest absolute Gasteiger partial charge is 0.475 e. The fraction of sp³-hybridized carbons (Fsp3) is 0.231. The molecule has 0 radical (unpaired) electrons. The van der Waals surface area contributed by atoms with Crippen molar-refractivity contribution in [2.45, 2.75) is 19.8 Å². The Kier molecular flexibility index (Phi) is 3.86. The van der Waals surface area contributed by atoms with Gasteiger partial charge in [0.05, 0.1) is 17.3 Å². The van der Waals surface area contributed by atoms with Crippen LogP contribution in [0.15, 0.2) is 22.7 Å². The van der Waals surface area contributed by atoms with Gasteiger partial charge in [-0.2, -0.15) is 5.26 Å². The average Bonchev–Trinajstić information content (AvgIpc) is 2.83. The number of carbonyl (C=O) groups is 1. The van der Waals surface area contributed by atoms with E-state index in [1.54, 1.807) is 18.2 Å². The average molecular weight is 335 g/mol. The second-order valence-electron chi connectivity index (χ2n) is 4.44. The Bertz CT molecular complexity index is 716. The van der Waals surface area contributed by atoms with E-state index in [1.165, 1.54) is 4.68 Å². The first-order chi connectivity index (χ1) is 9.43. The van der Waals surface area contributed by atoms with Crippen LogP contribution in [-0.4, -0.2) is 25.8 Å². The SMILES string of the molecule is CC(C)c1nc(C(=O)O)nn1-c1ccc(C#N)cc1Br. The molecule has 1 N–H and O–H groups in total. The molecule has 0 saturated carbocycles. The van der Waals surface area contributed by atoms with E-state index in [2.05, 4.69) is 26.0 Å². The van der Waals surface area contributed by atoms with Crippen LogP contribution in [0.4, 0.5) is 0 Å². The fourth-order valence-electron chi connectivity index (χ4n) is 1.71. The Morgan fingerprint density at radius 2 is 2.20 bits per heavy atom. The number of rotatable bonds is 3. The van der Waals surface area contributed by atoms with Crippen molar-refractivity contribution >= 4 is 21.9 Å². The summed E-state index contributed by atoms with van der Waals surface area (Å²) in [5.74, 6) is -0.855. The van der Waals surface area contributed by atoms with Gasteiger partial charge in [-0.3, -0.25) is 0 Å². The zero-order chi connectivity index (χ0) is 14.9. The fourth-order valence-corrected chi connectivity index (χ4v) is 2.26. The van der Waals surface area contributed by atoms with Gasteiger partial charge in [0.2, 0.25) is 0 Å². The summed E-state index contributed by atoms with van der Waals surface area (Å²) in [6.07, 6.45) is 0. The number of halogens is 1. The summed E-state index contributed by atoms with van der Waals surface area (Å²) in [5, 5.41) is 21.9. The van der Waals surface area contributed by atoms with Gasteiger partial charge < -0.3 is 5.11 Å². The van der Waals surface area contributed by atoms with E-state index >= 15 is 0 Å². The Balaban J connectivity index is 2.63. The van der Waals surface area contributed by atoms with Crippen molar-refractivity contribution in [1.29, 1.82) is 5.26 Å². The molecule has 0 aliphatic carbocycles. The van der Waals surface area contributed by atoms with Gasteiger partial charge in [0.1, 0.15) is 5.82 Å². The number of carboxylic acids is 1.